The number of halogens is 2. The SMILES string of the molecule is O=C(NCl)c1ccc(Cl)c(=O)[nH]1. The number of aromatic nitrogens is 1. The van der Waals surface area contributed by atoms with Gasteiger partial charge in [0.2, 0.25) is 0 Å². The Morgan fingerprint density at radius 1 is 1.50 bits per heavy atom. The zero-order valence-corrected chi connectivity index (χ0v) is 7.24. The highest BCUT2D eigenvalue weighted by Gasteiger charge is 2.05. The molecule has 0 bridgehead atoms. The number of amides is 1. The monoisotopic (exact) mass is 206 g/mol. The number of carbonyl (C=O) groups excluding carboxylic acids is 1. The minimum Gasteiger partial charge on any atom is -0.317 e. The largest absolute Gasteiger partial charge is 0.317 e. The molecule has 1 aromatic heterocycles. The zero-order valence-electron chi connectivity index (χ0n) is 5.73. The summed E-state index contributed by atoms with van der Waals surface area (Å²) in [5, 5.41) is 0.0288. The van der Waals surface area contributed by atoms with Crippen LogP contribution in [0.1, 0.15) is 10.5 Å². The van der Waals surface area contributed by atoms with Crippen LogP contribution in [0.25, 0.3) is 0 Å². The van der Waals surface area contributed by atoms with E-state index in [1.165, 1.54) is 12.1 Å². The lowest BCUT2D eigenvalue weighted by molar-refractivity contribution is 0.0977. The van der Waals surface area contributed by atoms with E-state index in [1.54, 1.807) is 0 Å². The Morgan fingerprint density at radius 3 is 2.67 bits per heavy atom. The van der Waals surface area contributed by atoms with Gasteiger partial charge in [0.15, 0.2) is 0 Å². The van der Waals surface area contributed by atoms with Gasteiger partial charge < -0.3 is 4.98 Å². The van der Waals surface area contributed by atoms with Gasteiger partial charge >= 0.3 is 0 Å². The maximum absolute atomic E-state index is 10.8. The number of rotatable bonds is 1. The molecule has 0 spiro atoms. The summed E-state index contributed by atoms with van der Waals surface area (Å²) >= 11 is 10.4. The molecule has 12 heavy (non-hydrogen) atoms. The molecule has 4 nitrogen and oxygen atoms in total. The molecule has 0 saturated heterocycles. The molecular weight excluding hydrogens is 203 g/mol. The summed E-state index contributed by atoms with van der Waals surface area (Å²) in [5.41, 5.74) is -0.450. The lowest BCUT2D eigenvalue weighted by atomic mass is 10.3. The van der Waals surface area contributed by atoms with Crippen LogP contribution in [0, 0.1) is 0 Å². The van der Waals surface area contributed by atoms with Crippen molar-refractivity contribution in [3.05, 3.63) is 33.2 Å². The molecule has 64 valence electrons. The van der Waals surface area contributed by atoms with Crippen LogP contribution in [0.15, 0.2) is 16.9 Å². The van der Waals surface area contributed by atoms with Gasteiger partial charge in [0.05, 0.1) is 0 Å². The number of hydrogen-bond acceptors (Lipinski definition) is 2. The van der Waals surface area contributed by atoms with E-state index in [1.807, 2.05) is 4.84 Å². The van der Waals surface area contributed by atoms with Gasteiger partial charge in [-0.3, -0.25) is 14.4 Å². The Morgan fingerprint density at radius 2 is 2.17 bits per heavy atom. The lowest BCUT2D eigenvalue weighted by Gasteiger charge is -1.96. The van der Waals surface area contributed by atoms with Gasteiger partial charge in [-0.15, -0.1) is 0 Å². The standard InChI is InChI=1S/C6H4Cl2N2O2/c7-3-1-2-4(6(12)10-8)9-5(3)11/h1-2H,(H,9,11)(H,10,12). The maximum Gasteiger partial charge on any atom is 0.282 e. The predicted octanol–water partition coefficient (Wildman–Crippen LogP) is 0.912. The summed E-state index contributed by atoms with van der Waals surface area (Å²) in [4.78, 5) is 25.8. The van der Waals surface area contributed by atoms with Crippen molar-refractivity contribution in [2.24, 2.45) is 0 Å². The number of aromatic amines is 1. The fourth-order valence-corrected chi connectivity index (χ4v) is 0.851. The summed E-state index contributed by atoms with van der Waals surface area (Å²) in [6, 6.07) is 2.68. The molecule has 0 aliphatic rings. The fraction of sp³-hybridized carbons (Fsp3) is 0. The van der Waals surface area contributed by atoms with Crippen LogP contribution >= 0.6 is 23.4 Å². The minimum absolute atomic E-state index is 0.0288. The second-order valence-corrected chi connectivity index (χ2v) is 2.57. The van der Waals surface area contributed by atoms with Crippen LogP contribution in [-0.2, 0) is 0 Å². The quantitative estimate of drug-likeness (QED) is 0.672. The summed E-state index contributed by atoms with van der Waals surface area (Å²) in [6.45, 7) is 0. The average molecular weight is 207 g/mol. The number of carbonyl (C=O) groups is 1. The van der Waals surface area contributed by atoms with Gasteiger partial charge in [-0.2, -0.15) is 0 Å². The third kappa shape index (κ3) is 1.78. The summed E-state index contributed by atoms with van der Waals surface area (Å²) in [5.74, 6) is -0.578. The predicted molar refractivity (Wildman–Crippen MR) is 45.4 cm³/mol. The molecular formula is C6H4Cl2N2O2. The van der Waals surface area contributed by atoms with E-state index in [9.17, 15) is 9.59 Å². The van der Waals surface area contributed by atoms with Crippen molar-refractivity contribution >= 4 is 29.3 Å². The molecule has 0 aliphatic heterocycles. The topological polar surface area (TPSA) is 62.0 Å². The first-order valence-electron chi connectivity index (χ1n) is 2.95. The zero-order chi connectivity index (χ0) is 9.14. The van der Waals surface area contributed by atoms with Crippen LogP contribution in [-0.4, -0.2) is 10.9 Å². The Balaban J connectivity index is 3.13. The third-order valence-corrected chi connectivity index (χ3v) is 1.66. The van der Waals surface area contributed by atoms with Gasteiger partial charge in [0.1, 0.15) is 10.7 Å². The van der Waals surface area contributed by atoms with Crippen molar-refractivity contribution in [1.82, 2.24) is 9.82 Å². The van der Waals surface area contributed by atoms with Gasteiger partial charge in [-0.1, -0.05) is 11.6 Å². The van der Waals surface area contributed by atoms with Crippen LogP contribution in [0.5, 0.6) is 0 Å². The van der Waals surface area contributed by atoms with Crippen molar-refractivity contribution in [2.75, 3.05) is 0 Å². The first-order chi connectivity index (χ1) is 5.65. The van der Waals surface area contributed by atoms with E-state index < -0.39 is 11.5 Å². The van der Waals surface area contributed by atoms with Gasteiger partial charge in [-0.05, 0) is 12.1 Å². The van der Waals surface area contributed by atoms with E-state index >= 15 is 0 Å². The highest BCUT2D eigenvalue weighted by molar-refractivity contribution is 6.30. The maximum atomic E-state index is 10.8. The molecule has 0 fully saturated rings. The van der Waals surface area contributed by atoms with Crippen LogP contribution < -0.4 is 10.4 Å². The molecule has 0 radical (unpaired) electrons. The lowest BCUT2D eigenvalue weighted by Crippen LogP contribution is -2.19. The van der Waals surface area contributed by atoms with E-state index in [-0.39, 0.29) is 10.7 Å². The Labute approximate surface area is 77.6 Å². The molecule has 6 heteroatoms. The van der Waals surface area contributed by atoms with Crippen molar-refractivity contribution in [1.29, 1.82) is 0 Å². The first kappa shape index (κ1) is 9.09. The fourth-order valence-electron chi connectivity index (χ4n) is 0.639. The van der Waals surface area contributed by atoms with Gasteiger partial charge in [0.25, 0.3) is 11.5 Å². The Kier molecular flexibility index (Phi) is 2.73. The van der Waals surface area contributed by atoms with Crippen molar-refractivity contribution in [3.63, 3.8) is 0 Å². The van der Waals surface area contributed by atoms with Crippen LogP contribution in [0.4, 0.5) is 0 Å². The molecule has 1 heterocycles. The number of pyridine rings is 1. The minimum atomic E-state index is -0.578. The molecule has 0 atom stereocenters. The summed E-state index contributed by atoms with van der Waals surface area (Å²) in [6.07, 6.45) is 0. The highest BCUT2D eigenvalue weighted by atomic mass is 35.5. The number of hydrogen-bond donors (Lipinski definition) is 2. The molecule has 0 saturated carbocycles. The van der Waals surface area contributed by atoms with E-state index in [0.717, 1.165) is 0 Å². The second kappa shape index (κ2) is 3.60. The van der Waals surface area contributed by atoms with Crippen LogP contribution in [0.3, 0.4) is 0 Å². The van der Waals surface area contributed by atoms with Crippen molar-refractivity contribution in [3.8, 4) is 0 Å². The normalized spacial score (nSPS) is 9.50. The van der Waals surface area contributed by atoms with E-state index in [0.29, 0.717) is 0 Å². The molecule has 1 rings (SSSR count). The second-order valence-electron chi connectivity index (χ2n) is 1.97. The molecule has 2 N–H and O–H groups in total. The van der Waals surface area contributed by atoms with Crippen molar-refractivity contribution in [2.45, 2.75) is 0 Å². The Hall–Kier alpha value is -1.00. The molecule has 0 aromatic carbocycles. The van der Waals surface area contributed by atoms with E-state index in [4.69, 9.17) is 23.4 Å². The molecule has 0 unspecified atom stereocenters. The highest BCUT2D eigenvalue weighted by Crippen LogP contribution is 2.00. The van der Waals surface area contributed by atoms with Gasteiger partial charge in [-0.25, -0.2) is 0 Å². The third-order valence-electron chi connectivity index (χ3n) is 1.19. The van der Waals surface area contributed by atoms with Crippen molar-refractivity contribution < 1.29 is 4.79 Å². The number of nitrogens with one attached hydrogen (secondary N) is 2. The average Bonchev–Trinajstić information content (AvgIpc) is 2.08. The smallest absolute Gasteiger partial charge is 0.282 e. The Bertz CT molecular complexity index is 361. The van der Waals surface area contributed by atoms with Gasteiger partial charge in [0, 0.05) is 11.8 Å². The molecule has 0 aliphatic carbocycles. The van der Waals surface area contributed by atoms with E-state index in [2.05, 4.69) is 4.98 Å². The molecule has 1 amide bonds. The summed E-state index contributed by atoms with van der Waals surface area (Å²) in [7, 11) is 0. The number of H-pyrrole nitrogens is 1. The first-order valence-corrected chi connectivity index (χ1v) is 3.70. The summed E-state index contributed by atoms with van der Waals surface area (Å²) < 4.78 is 0. The molecule has 1 aromatic rings. The van der Waals surface area contributed by atoms with Crippen LogP contribution in [0.2, 0.25) is 5.02 Å².